The highest BCUT2D eigenvalue weighted by Gasteiger charge is 2.19. The molecule has 0 aliphatic heterocycles. The van der Waals surface area contributed by atoms with Crippen LogP contribution in [0.25, 0.3) is 0 Å². The molecule has 1 aromatic carbocycles. The number of amides is 1. The van der Waals surface area contributed by atoms with Crippen LogP contribution in [0.15, 0.2) is 16.6 Å². The summed E-state index contributed by atoms with van der Waals surface area (Å²) in [5.41, 5.74) is 8.91. The molecule has 0 unspecified atom stereocenters. The Bertz CT molecular complexity index is 422. The minimum Gasteiger partial charge on any atom is -0.325 e. The van der Waals surface area contributed by atoms with Crippen molar-refractivity contribution in [1.82, 2.24) is 0 Å². The molecule has 100 valence electrons. The predicted octanol–water partition coefficient (Wildman–Crippen LogP) is 3.38. The molecule has 0 spiro atoms. The zero-order valence-electron chi connectivity index (χ0n) is 11.4. The van der Waals surface area contributed by atoms with Crippen LogP contribution in [-0.4, -0.2) is 11.9 Å². The fourth-order valence-corrected chi connectivity index (χ4v) is 1.98. The molecule has 4 heteroatoms. The molecular weight excluding hydrogens is 292 g/mol. The molecule has 0 heterocycles. The molecule has 0 aliphatic carbocycles. The smallest absolute Gasteiger partial charge is 0.241 e. The maximum atomic E-state index is 12.0. The van der Waals surface area contributed by atoms with Crippen LogP contribution in [0.1, 0.15) is 31.4 Å². The Morgan fingerprint density at radius 1 is 1.39 bits per heavy atom. The minimum atomic E-state index is -0.459. The highest BCUT2D eigenvalue weighted by molar-refractivity contribution is 9.10. The van der Waals surface area contributed by atoms with E-state index in [4.69, 9.17) is 5.73 Å². The molecule has 0 saturated heterocycles. The third-order valence-corrected chi connectivity index (χ3v) is 4.51. The second kappa shape index (κ2) is 6.34. The van der Waals surface area contributed by atoms with E-state index in [1.807, 2.05) is 39.8 Å². The Morgan fingerprint density at radius 3 is 2.33 bits per heavy atom. The Balaban J connectivity index is 2.82. The summed E-state index contributed by atoms with van der Waals surface area (Å²) in [6.45, 7) is 8.02. The van der Waals surface area contributed by atoms with Gasteiger partial charge in [0.2, 0.25) is 5.91 Å². The van der Waals surface area contributed by atoms with Gasteiger partial charge in [-0.05, 0) is 43.0 Å². The number of carbonyl (C=O) groups is 1. The van der Waals surface area contributed by atoms with E-state index in [1.165, 1.54) is 0 Å². The van der Waals surface area contributed by atoms with Gasteiger partial charge in [-0.15, -0.1) is 0 Å². The number of nitrogens with one attached hydrogen (secondary N) is 1. The van der Waals surface area contributed by atoms with Gasteiger partial charge in [0.25, 0.3) is 0 Å². The van der Waals surface area contributed by atoms with Crippen molar-refractivity contribution in [3.05, 3.63) is 27.7 Å². The summed E-state index contributed by atoms with van der Waals surface area (Å²) in [6, 6.07) is 3.43. The van der Waals surface area contributed by atoms with Crippen molar-refractivity contribution in [3.63, 3.8) is 0 Å². The topological polar surface area (TPSA) is 55.1 Å². The maximum Gasteiger partial charge on any atom is 0.241 e. The number of nitrogens with two attached hydrogens (primary N) is 1. The Labute approximate surface area is 117 Å². The first-order valence-electron chi connectivity index (χ1n) is 6.20. The summed E-state index contributed by atoms with van der Waals surface area (Å²) in [5.74, 6) is 0.0631. The fraction of sp³-hybridized carbons (Fsp3) is 0.500. The van der Waals surface area contributed by atoms with Crippen LogP contribution < -0.4 is 11.1 Å². The standard InChI is InChI=1S/C14H21BrN2O/c1-5-8(2)13(16)14(18)17-11-6-9(3)12(15)10(4)7-11/h6-8,13H,5,16H2,1-4H3,(H,17,18)/t8-,13-/m0/s1. The van der Waals surface area contributed by atoms with Crippen LogP contribution in [0.4, 0.5) is 5.69 Å². The van der Waals surface area contributed by atoms with Crippen molar-refractivity contribution in [1.29, 1.82) is 0 Å². The van der Waals surface area contributed by atoms with Crippen LogP contribution in [-0.2, 0) is 4.79 Å². The number of rotatable bonds is 4. The Kier molecular flexibility index (Phi) is 5.35. The fourth-order valence-electron chi connectivity index (χ4n) is 1.76. The van der Waals surface area contributed by atoms with Crippen molar-refractivity contribution < 1.29 is 4.79 Å². The molecule has 2 atom stereocenters. The van der Waals surface area contributed by atoms with Gasteiger partial charge in [0.05, 0.1) is 6.04 Å². The lowest BCUT2D eigenvalue weighted by Gasteiger charge is -2.18. The largest absolute Gasteiger partial charge is 0.325 e. The third-order valence-electron chi connectivity index (χ3n) is 3.26. The van der Waals surface area contributed by atoms with Gasteiger partial charge in [-0.1, -0.05) is 36.2 Å². The van der Waals surface area contributed by atoms with Gasteiger partial charge in [0.15, 0.2) is 0 Å². The average Bonchev–Trinajstić information content (AvgIpc) is 2.33. The number of benzene rings is 1. The first-order chi connectivity index (χ1) is 8.36. The summed E-state index contributed by atoms with van der Waals surface area (Å²) in [4.78, 5) is 12.0. The second-order valence-corrected chi connectivity index (χ2v) is 5.62. The summed E-state index contributed by atoms with van der Waals surface area (Å²) < 4.78 is 1.08. The normalized spacial score (nSPS) is 14.1. The number of hydrogen-bond acceptors (Lipinski definition) is 2. The maximum absolute atomic E-state index is 12.0. The van der Waals surface area contributed by atoms with Gasteiger partial charge < -0.3 is 11.1 Å². The first-order valence-corrected chi connectivity index (χ1v) is 6.99. The zero-order chi connectivity index (χ0) is 13.9. The molecule has 0 aromatic heterocycles. The predicted molar refractivity (Wildman–Crippen MR) is 79.7 cm³/mol. The molecule has 1 amide bonds. The van der Waals surface area contributed by atoms with Gasteiger partial charge in [-0.3, -0.25) is 4.79 Å². The average molecular weight is 313 g/mol. The van der Waals surface area contributed by atoms with E-state index in [-0.39, 0.29) is 11.8 Å². The number of halogens is 1. The number of anilines is 1. The van der Waals surface area contributed by atoms with Crippen LogP contribution in [0, 0.1) is 19.8 Å². The van der Waals surface area contributed by atoms with E-state index >= 15 is 0 Å². The van der Waals surface area contributed by atoms with Crippen molar-refractivity contribution in [2.45, 2.75) is 40.2 Å². The third kappa shape index (κ3) is 3.56. The number of hydrogen-bond donors (Lipinski definition) is 2. The highest BCUT2D eigenvalue weighted by atomic mass is 79.9. The van der Waals surface area contributed by atoms with Crippen molar-refractivity contribution in [2.24, 2.45) is 11.7 Å². The minimum absolute atomic E-state index is 0.120. The number of carbonyl (C=O) groups excluding carboxylic acids is 1. The van der Waals surface area contributed by atoms with E-state index in [1.54, 1.807) is 0 Å². The molecule has 1 aromatic rings. The van der Waals surface area contributed by atoms with Crippen LogP contribution in [0.2, 0.25) is 0 Å². The van der Waals surface area contributed by atoms with Gasteiger partial charge in [-0.25, -0.2) is 0 Å². The van der Waals surface area contributed by atoms with Crippen molar-refractivity contribution in [2.75, 3.05) is 5.32 Å². The second-order valence-electron chi connectivity index (χ2n) is 4.82. The highest BCUT2D eigenvalue weighted by Crippen LogP contribution is 2.25. The molecule has 3 nitrogen and oxygen atoms in total. The molecule has 0 fully saturated rings. The van der Waals surface area contributed by atoms with E-state index in [0.29, 0.717) is 0 Å². The van der Waals surface area contributed by atoms with E-state index in [2.05, 4.69) is 21.2 Å². The number of aryl methyl sites for hydroxylation is 2. The van der Waals surface area contributed by atoms with Crippen molar-refractivity contribution in [3.8, 4) is 0 Å². The van der Waals surface area contributed by atoms with E-state index in [9.17, 15) is 4.79 Å². The van der Waals surface area contributed by atoms with E-state index in [0.717, 1.165) is 27.7 Å². The Hall–Kier alpha value is -0.870. The molecule has 3 N–H and O–H groups in total. The van der Waals surface area contributed by atoms with Crippen LogP contribution >= 0.6 is 15.9 Å². The quantitative estimate of drug-likeness (QED) is 0.895. The van der Waals surface area contributed by atoms with Crippen LogP contribution in [0.5, 0.6) is 0 Å². The summed E-state index contributed by atoms with van der Waals surface area (Å²) in [5, 5.41) is 2.88. The van der Waals surface area contributed by atoms with Crippen LogP contribution in [0.3, 0.4) is 0 Å². The molecule has 0 saturated carbocycles. The Morgan fingerprint density at radius 2 is 1.89 bits per heavy atom. The molecule has 18 heavy (non-hydrogen) atoms. The van der Waals surface area contributed by atoms with Crippen molar-refractivity contribution >= 4 is 27.5 Å². The van der Waals surface area contributed by atoms with Gasteiger partial charge >= 0.3 is 0 Å². The summed E-state index contributed by atoms with van der Waals surface area (Å²) in [7, 11) is 0. The SMILES string of the molecule is CC[C@H](C)[C@H](N)C(=O)Nc1cc(C)c(Br)c(C)c1. The molecule has 0 radical (unpaired) electrons. The lowest BCUT2D eigenvalue weighted by Crippen LogP contribution is -2.40. The van der Waals surface area contributed by atoms with Gasteiger partial charge in [-0.2, -0.15) is 0 Å². The molecule has 1 rings (SSSR count). The molecule has 0 bridgehead atoms. The lowest BCUT2D eigenvalue weighted by molar-refractivity contribution is -0.118. The first kappa shape index (κ1) is 15.2. The summed E-state index contributed by atoms with van der Waals surface area (Å²) >= 11 is 3.51. The molecular formula is C14H21BrN2O. The summed E-state index contributed by atoms with van der Waals surface area (Å²) in [6.07, 6.45) is 0.896. The van der Waals surface area contributed by atoms with E-state index < -0.39 is 6.04 Å². The van der Waals surface area contributed by atoms with Gasteiger partial charge in [0, 0.05) is 10.2 Å². The monoisotopic (exact) mass is 312 g/mol. The van der Waals surface area contributed by atoms with Gasteiger partial charge in [0.1, 0.15) is 0 Å². The molecule has 0 aliphatic rings. The lowest BCUT2D eigenvalue weighted by atomic mass is 9.99. The zero-order valence-corrected chi connectivity index (χ0v) is 13.0.